The van der Waals surface area contributed by atoms with Gasteiger partial charge in [0.25, 0.3) is 11.5 Å². The highest BCUT2D eigenvalue weighted by Crippen LogP contribution is 1.99. The van der Waals surface area contributed by atoms with Crippen LogP contribution in [0.5, 0.6) is 0 Å². The Morgan fingerprint density at radius 3 is 2.95 bits per heavy atom. The van der Waals surface area contributed by atoms with Crippen molar-refractivity contribution >= 4 is 5.91 Å². The van der Waals surface area contributed by atoms with Crippen LogP contribution in [0.4, 0.5) is 0 Å². The number of carbonyl (C=O) groups excluding carboxylic acids is 1. The molecule has 2 heterocycles. The highest BCUT2D eigenvalue weighted by Gasteiger charge is 2.09. The van der Waals surface area contributed by atoms with E-state index in [9.17, 15) is 9.59 Å². The standard InChI is InChI=1S/C13H15N3O3/c1-2-7-16-12(17)6-5-11(15-16)13(18)14-9-10-4-3-8-19-10/h3-6,8H,2,7,9H2,1H3,(H,14,18). The molecule has 0 saturated carbocycles. The number of nitrogens with one attached hydrogen (secondary N) is 1. The fourth-order valence-corrected chi connectivity index (χ4v) is 1.61. The van der Waals surface area contributed by atoms with E-state index < -0.39 is 0 Å². The molecule has 0 fully saturated rings. The van der Waals surface area contributed by atoms with E-state index in [0.717, 1.165) is 6.42 Å². The Kier molecular flexibility index (Phi) is 4.12. The van der Waals surface area contributed by atoms with Crippen molar-refractivity contribution in [1.29, 1.82) is 0 Å². The number of aromatic nitrogens is 2. The van der Waals surface area contributed by atoms with Crippen molar-refractivity contribution in [2.24, 2.45) is 0 Å². The van der Waals surface area contributed by atoms with Crippen LogP contribution in [0.25, 0.3) is 0 Å². The summed E-state index contributed by atoms with van der Waals surface area (Å²) < 4.78 is 6.40. The van der Waals surface area contributed by atoms with Crippen LogP contribution in [0.2, 0.25) is 0 Å². The third-order valence-corrected chi connectivity index (χ3v) is 2.54. The van der Waals surface area contributed by atoms with Gasteiger partial charge in [-0.2, -0.15) is 5.10 Å². The molecule has 6 nitrogen and oxygen atoms in total. The summed E-state index contributed by atoms with van der Waals surface area (Å²) in [5.41, 5.74) is 0.0176. The molecule has 100 valence electrons. The lowest BCUT2D eigenvalue weighted by molar-refractivity contribution is 0.0940. The predicted octanol–water partition coefficient (Wildman–Crippen LogP) is 1.18. The largest absolute Gasteiger partial charge is 0.467 e. The molecule has 0 aliphatic carbocycles. The van der Waals surface area contributed by atoms with Crippen LogP contribution >= 0.6 is 0 Å². The predicted molar refractivity (Wildman–Crippen MR) is 68.7 cm³/mol. The van der Waals surface area contributed by atoms with E-state index in [1.165, 1.54) is 16.8 Å². The number of aryl methyl sites for hydroxylation is 1. The van der Waals surface area contributed by atoms with E-state index in [1.807, 2.05) is 6.92 Å². The third kappa shape index (κ3) is 3.31. The third-order valence-electron chi connectivity index (χ3n) is 2.54. The zero-order valence-electron chi connectivity index (χ0n) is 10.6. The number of nitrogens with zero attached hydrogens (tertiary/aromatic N) is 2. The Labute approximate surface area is 110 Å². The van der Waals surface area contributed by atoms with Gasteiger partial charge in [-0.05, 0) is 24.6 Å². The van der Waals surface area contributed by atoms with Gasteiger partial charge in [0.2, 0.25) is 0 Å². The fourth-order valence-electron chi connectivity index (χ4n) is 1.61. The summed E-state index contributed by atoms with van der Waals surface area (Å²) in [5.74, 6) is 0.330. The molecule has 19 heavy (non-hydrogen) atoms. The zero-order chi connectivity index (χ0) is 13.7. The molecule has 6 heteroatoms. The van der Waals surface area contributed by atoms with Gasteiger partial charge in [0, 0.05) is 12.6 Å². The number of rotatable bonds is 5. The molecule has 0 bridgehead atoms. The van der Waals surface area contributed by atoms with Gasteiger partial charge < -0.3 is 9.73 Å². The Hall–Kier alpha value is -2.37. The minimum atomic E-state index is -0.332. The normalized spacial score (nSPS) is 10.4. The summed E-state index contributed by atoms with van der Waals surface area (Å²) >= 11 is 0. The van der Waals surface area contributed by atoms with Gasteiger partial charge in [-0.1, -0.05) is 6.92 Å². The van der Waals surface area contributed by atoms with Gasteiger partial charge >= 0.3 is 0 Å². The Balaban J connectivity index is 2.06. The first kappa shape index (κ1) is 13.1. The van der Waals surface area contributed by atoms with Crippen LogP contribution in [0.3, 0.4) is 0 Å². The first-order valence-electron chi connectivity index (χ1n) is 6.09. The SMILES string of the molecule is CCCn1nc(C(=O)NCc2ccco2)ccc1=O. The van der Waals surface area contributed by atoms with Crippen LogP contribution in [0.1, 0.15) is 29.6 Å². The van der Waals surface area contributed by atoms with Crippen LogP contribution in [0.15, 0.2) is 39.7 Å². The topological polar surface area (TPSA) is 77.1 Å². The van der Waals surface area contributed by atoms with E-state index in [0.29, 0.717) is 18.8 Å². The van der Waals surface area contributed by atoms with E-state index in [2.05, 4.69) is 10.4 Å². The summed E-state index contributed by atoms with van der Waals surface area (Å²) in [6.45, 7) is 2.73. The lowest BCUT2D eigenvalue weighted by Crippen LogP contribution is -2.29. The van der Waals surface area contributed by atoms with Crippen molar-refractivity contribution in [3.63, 3.8) is 0 Å². The molecule has 0 aliphatic heterocycles. The maximum atomic E-state index is 11.9. The molecule has 0 radical (unpaired) electrons. The van der Waals surface area contributed by atoms with Gasteiger partial charge in [-0.3, -0.25) is 9.59 Å². The van der Waals surface area contributed by atoms with E-state index in [4.69, 9.17) is 4.42 Å². The lowest BCUT2D eigenvalue weighted by atomic mass is 10.3. The second-order valence-electron chi connectivity index (χ2n) is 4.04. The maximum absolute atomic E-state index is 11.9. The molecule has 0 aliphatic rings. The van der Waals surface area contributed by atoms with Crippen molar-refractivity contribution < 1.29 is 9.21 Å². The van der Waals surface area contributed by atoms with Crippen molar-refractivity contribution in [3.8, 4) is 0 Å². The number of hydrogen-bond acceptors (Lipinski definition) is 4. The molecule has 0 atom stereocenters. The van der Waals surface area contributed by atoms with Crippen LogP contribution < -0.4 is 10.9 Å². The highest BCUT2D eigenvalue weighted by molar-refractivity contribution is 5.91. The minimum Gasteiger partial charge on any atom is -0.467 e. The van der Waals surface area contributed by atoms with Gasteiger partial charge in [0.1, 0.15) is 11.5 Å². The summed E-state index contributed by atoms with van der Waals surface area (Å²) in [6.07, 6.45) is 2.32. The maximum Gasteiger partial charge on any atom is 0.272 e. The Bertz CT molecular complexity index is 602. The van der Waals surface area contributed by atoms with Gasteiger partial charge in [-0.25, -0.2) is 4.68 Å². The smallest absolute Gasteiger partial charge is 0.272 e. The van der Waals surface area contributed by atoms with Gasteiger partial charge in [0.05, 0.1) is 12.8 Å². The Morgan fingerprint density at radius 2 is 2.26 bits per heavy atom. The molecular formula is C13H15N3O3. The highest BCUT2D eigenvalue weighted by atomic mass is 16.3. The van der Waals surface area contributed by atoms with Gasteiger partial charge in [0.15, 0.2) is 0 Å². The molecule has 0 unspecified atom stereocenters. The molecule has 1 amide bonds. The molecule has 2 rings (SSSR count). The van der Waals surface area contributed by atoms with Crippen LogP contribution in [0, 0.1) is 0 Å². The summed E-state index contributed by atoms with van der Waals surface area (Å²) in [7, 11) is 0. The average molecular weight is 261 g/mol. The molecule has 2 aromatic rings. The molecule has 0 saturated heterocycles. The summed E-state index contributed by atoms with van der Waals surface area (Å²) in [6, 6.07) is 6.29. The molecular weight excluding hydrogens is 246 g/mol. The lowest BCUT2D eigenvalue weighted by Gasteiger charge is -2.06. The van der Waals surface area contributed by atoms with Crippen LogP contribution in [-0.2, 0) is 13.1 Å². The van der Waals surface area contributed by atoms with E-state index in [1.54, 1.807) is 18.4 Å². The van der Waals surface area contributed by atoms with Crippen molar-refractivity contribution in [2.45, 2.75) is 26.4 Å². The molecule has 0 spiro atoms. The number of hydrogen-bond donors (Lipinski definition) is 1. The minimum absolute atomic E-state index is 0.204. The Morgan fingerprint density at radius 1 is 1.42 bits per heavy atom. The number of carbonyl (C=O) groups is 1. The fraction of sp³-hybridized carbons (Fsp3) is 0.308. The number of amides is 1. The quantitative estimate of drug-likeness (QED) is 0.876. The monoisotopic (exact) mass is 261 g/mol. The summed E-state index contributed by atoms with van der Waals surface area (Å²) in [5, 5.41) is 6.70. The zero-order valence-corrected chi connectivity index (χ0v) is 10.6. The van der Waals surface area contributed by atoms with Crippen LogP contribution in [-0.4, -0.2) is 15.7 Å². The van der Waals surface area contributed by atoms with Gasteiger partial charge in [-0.15, -0.1) is 0 Å². The average Bonchev–Trinajstić information content (AvgIpc) is 2.92. The number of furan rings is 1. The molecule has 2 aromatic heterocycles. The first-order chi connectivity index (χ1) is 9.20. The second-order valence-corrected chi connectivity index (χ2v) is 4.04. The van der Waals surface area contributed by atoms with E-state index >= 15 is 0 Å². The van der Waals surface area contributed by atoms with Crippen molar-refractivity contribution in [1.82, 2.24) is 15.1 Å². The first-order valence-corrected chi connectivity index (χ1v) is 6.09. The van der Waals surface area contributed by atoms with E-state index in [-0.39, 0.29) is 17.2 Å². The molecule has 1 N–H and O–H groups in total. The summed E-state index contributed by atoms with van der Waals surface area (Å²) in [4.78, 5) is 23.4. The van der Waals surface area contributed by atoms with Crippen molar-refractivity contribution in [2.75, 3.05) is 0 Å². The van der Waals surface area contributed by atoms with Crippen molar-refractivity contribution in [3.05, 3.63) is 52.3 Å². The molecule has 0 aromatic carbocycles. The second kappa shape index (κ2) is 5.99.